The van der Waals surface area contributed by atoms with Crippen molar-refractivity contribution in [1.82, 2.24) is 14.2 Å². The summed E-state index contributed by atoms with van der Waals surface area (Å²) in [4.78, 5) is 17.5. The first kappa shape index (κ1) is 17.8. The van der Waals surface area contributed by atoms with Gasteiger partial charge in [0.25, 0.3) is 5.91 Å². The minimum absolute atomic E-state index is 0.127. The van der Waals surface area contributed by atoms with Crippen molar-refractivity contribution in [2.24, 2.45) is 0 Å². The summed E-state index contributed by atoms with van der Waals surface area (Å²) in [5, 5.41) is 0. The normalized spacial score (nSPS) is 20.9. The van der Waals surface area contributed by atoms with E-state index in [2.05, 4.69) is 4.98 Å². The molecule has 0 atom stereocenters. The van der Waals surface area contributed by atoms with Gasteiger partial charge >= 0.3 is 0 Å². The second-order valence-corrected chi connectivity index (χ2v) is 9.64. The van der Waals surface area contributed by atoms with Crippen LogP contribution in [0.1, 0.15) is 42.6 Å². The van der Waals surface area contributed by atoms with Crippen LogP contribution in [-0.4, -0.2) is 66.2 Å². The van der Waals surface area contributed by atoms with Gasteiger partial charge in [-0.05, 0) is 18.9 Å². The molecule has 3 rings (SSSR count). The number of aromatic amines is 1. The first-order chi connectivity index (χ1) is 11.5. The van der Waals surface area contributed by atoms with E-state index in [0.717, 1.165) is 37.2 Å². The van der Waals surface area contributed by atoms with Gasteiger partial charge in [-0.1, -0.05) is 19.3 Å². The number of nitrogens with zero attached hydrogens (tertiary/aromatic N) is 2. The summed E-state index contributed by atoms with van der Waals surface area (Å²) in [5.41, 5.74) is 0.355. The number of sulfonamides is 1. The van der Waals surface area contributed by atoms with Gasteiger partial charge in [0, 0.05) is 43.9 Å². The highest BCUT2D eigenvalue weighted by Gasteiger charge is 2.29. The predicted molar refractivity (Wildman–Crippen MR) is 95.8 cm³/mol. The van der Waals surface area contributed by atoms with Crippen LogP contribution in [0.2, 0.25) is 0 Å². The van der Waals surface area contributed by atoms with Crippen LogP contribution >= 0.6 is 11.8 Å². The lowest BCUT2D eigenvalue weighted by atomic mass is 9.94. The summed E-state index contributed by atoms with van der Waals surface area (Å²) < 4.78 is 26.8. The number of H-pyrrole nitrogens is 1. The summed E-state index contributed by atoms with van der Waals surface area (Å²) in [7, 11) is -1.69. The topological polar surface area (TPSA) is 73.5 Å². The molecule has 1 aromatic heterocycles. The molecule has 8 heteroatoms. The number of carbonyl (C=O) groups is 1. The smallest absolute Gasteiger partial charge is 0.270 e. The lowest BCUT2D eigenvalue weighted by Crippen LogP contribution is -2.38. The molecule has 6 nitrogen and oxygen atoms in total. The van der Waals surface area contributed by atoms with E-state index in [1.54, 1.807) is 16.7 Å². The van der Waals surface area contributed by atoms with Crippen LogP contribution in [0.3, 0.4) is 0 Å². The van der Waals surface area contributed by atoms with Crippen LogP contribution in [0, 0.1) is 0 Å². The Hall–Kier alpha value is -0.990. The molecule has 1 N–H and O–H groups in total. The van der Waals surface area contributed by atoms with E-state index in [9.17, 15) is 13.2 Å². The van der Waals surface area contributed by atoms with E-state index < -0.39 is 10.0 Å². The molecule has 0 radical (unpaired) electrons. The van der Waals surface area contributed by atoms with Crippen LogP contribution in [0.15, 0.2) is 17.2 Å². The third-order valence-electron chi connectivity index (χ3n) is 4.94. The van der Waals surface area contributed by atoms with Gasteiger partial charge in [0.15, 0.2) is 0 Å². The van der Waals surface area contributed by atoms with Crippen molar-refractivity contribution in [3.8, 4) is 0 Å². The Bertz CT molecular complexity index is 674. The molecule has 2 aliphatic rings. The van der Waals surface area contributed by atoms with Crippen LogP contribution in [0.5, 0.6) is 0 Å². The molecule has 0 spiro atoms. The number of hydrogen-bond acceptors (Lipinski definition) is 4. The maximum Gasteiger partial charge on any atom is 0.270 e. The van der Waals surface area contributed by atoms with E-state index in [4.69, 9.17) is 0 Å². The lowest BCUT2D eigenvalue weighted by Gasteiger charge is -2.30. The van der Waals surface area contributed by atoms with Crippen molar-refractivity contribution in [3.05, 3.63) is 18.0 Å². The predicted octanol–water partition coefficient (Wildman–Crippen LogP) is 2.16. The largest absolute Gasteiger partial charge is 0.356 e. The Balaban J connectivity index is 1.73. The molecule has 1 saturated carbocycles. The number of thioether (sulfide) groups is 1. The highest BCUT2D eigenvalue weighted by atomic mass is 32.2. The highest BCUT2D eigenvalue weighted by Crippen LogP contribution is 2.24. The quantitative estimate of drug-likeness (QED) is 0.880. The van der Waals surface area contributed by atoms with E-state index >= 15 is 0 Å². The Kier molecular flexibility index (Phi) is 5.56. The summed E-state index contributed by atoms with van der Waals surface area (Å²) in [6, 6.07) is 1.74. The number of nitrogens with one attached hydrogen (secondary N) is 1. The minimum atomic E-state index is -3.51. The number of carbonyl (C=O) groups excluding carboxylic acids is 1. The maximum absolute atomic E-state index is 12.7. The Morgan fingerprint density at radius 3 is 2.58 bits per heavy atom. The van der Waals surface area contributed by atoms with Gasteiger partial charge in [0.05, 0.1) is 0 Å². The first-order valence-corrected chi connectivity index (χ1v) is 11.1. The molecular weight excluding hydrogens is 346 g/mol. The summed E-state index contributed by atoms with van der Waals surface area (Å²) in [6.07, 6.45) is 7.04. The molecule has 24 heavy (non-hydrogen) atoms. The highest BCUT2D eigenvalue weighted by molar-refractivity contribution is 7.99. The van der Waals surface area contributed by atoms with E-state index in [1.165, 1.54) is 23.0 Å². The average molecular weight is 372 g/mol. The molecule has 1 saturated heterocycles. The fourth-order valence-corrected chi connectivity index (χ4v) is 5.98. The van der Waals surface area contributed by atoms with Crippen molar-refractivity contribution in [3.63, 3.8) is 0 Å². The molecule has 1 amide bonds. The molecular formula is C16H25N3O3S2. The van der Waals surface area contributed by atoms with Crippen LogP contribution in [-0.2, 0) is 10.0 Å². The lowest BCUT2D eigenvalue weighted by molar-refractivity contribution is 0.0691. The summed E-state index contributed by atoms with van der Waals surface area (Å²) in [5.74, 6) is 1.51. The van der Waals surface area contributed by atoms with E-state index in [-0.39, 0.29) is 16.8 Å². The van der Waals surface area contributed by atoms with Gasteiger partial charge in [0.2, 0.25) is 10.0 Å². The monoisotopic (exact) mass is 371 g/mol. The van der Waals surface area contributed by atoms with Crippen molar-refractivity contribution >= 4 is 27.7 Å². The third kappa shape index (κ3) is 3.65. The molecule has 0 aromatic carbocycles. The van der Waals surface area contributed by atoms with Gasteiger partial charge in [-0.15, -0.1) is 0 Å². The Labute approximate surface area is 148 Å². The number of aromatic nitrogens is 1. The third-order valence-corrected chi connectivity index (χ3v) is 7.76. The van der Waals surface area contributed by atoms with Crippen LogP contribution < -0.4 is 0 Å². The number of hydrogen-bond donors (Lipinski definition) is 1. The summed E-state index contributed by atoms with van der Waals surface area (Å²) >= 11 is 1.77. The summed E-state index contributed by atoms with van der Waals surface area (Å²) in [6.45, 7) is 1.06. The zero-order chi connectivity index (χ0) is 17.2. The van der Waals surface area contributed by atoms with Gasteiger partial charge in [-0.2, -0.15) is 16.1 Å². The molecule has 134 valence electrons. The molecule has 2 heterocycles. The van der Waals surface area contributed by atoms with Crippen molar-refractivity contribution in [2.45, 2.75) is 43.0 Å². The van der Waals surface area contributed by atoms with Crippen LogP contribution in [0.25, 0.3) is 0 Å². The van der Waals surface area contributed by atoms with Crippen LogP contribution in [0.4, 0.5) is 0 Å². The standard InChI is InChI=1S/C16H25N3O3S2/c1-18(13-5-3-2-4-6-13)16(20)15-11-14(12-17-15)24(21,22)19-7-9-23-10-8-19/h11-13,17H,2-10H2,1H3. The van der Waals surface area contributed by atoms with E-state index in [1.807, 2.05) is 7.05 Å². The second kappa shape index (κ2) is 7.49. The van der Waals surface area contributed by atoms with Crippen molar-refractivity contribution in [2.75, 3.05) is 31.6 Å². The molecule has 1 aliphatic heterocycles. The van der Waals surface area contributed by atoms with Crippen molar-refractivity contribution in [1.29, 1.82) is 0 Å². The zero-order valence-corrected chi connectivity index (χ0v) is 15.7. The first-order valence-electron chi connectivity index (χ1n) is 8.53. The fourth-order valence-electron chi connectivity index (χ4n) is 3.41. The molecule has 0 unspecified atom stereocenters. The minimum Gasteiger partial charge on any atom is -0.356 e. The SMILES string of the molecule is CN(C(=O)c1cc(S(=O)(=O)N2CCSCC2)c[nH]1)C1CCCCC1. The fraction of sp³-hybridized carbons (Fsp3) is 0.688. The Morgan fingerprint density at radius 1 is 1.25 bits per heavy atom. The van der Waals surface area contributed by atoms with Crippen molar-refractivity contribution < 1.29 is 13.2 Å². The number of amides is 1. The molecule has 1 aliphatic carbocycles. The Morgan fingerprint density at radius 2 is 1.92 bits per heavy atom. The van der Waals surface area contributed by atoms with Gasteiger partial charge in [-0.25, -0.2) is 8.42 Å². The molecule has 2 fully saturated rings. The maximum atomic E-state index is 12.7. The molecule has 0 bridgehead atoms. The van der Waals surface area contributed by atoms with Gasteiger partial charge < -0.3 is 9.88 Å². The number of rotatable bonds is 4. The zero-order valence-electron chi connectivity index (χ0n) is 14.0. The van der Waals surface area contributed by atoms with Gasteiger partial charge in [0.1, 0.15) is 10.6 Å². The van der Waals surface area contributed by atoms with Gasteiger partial charge in [-0.3, -0.25) is 4.79 Å². The average Bonchev–Trinajstić information content (AvgIpc) is 3.13. The van der Waals surface area contributed by atoms with E-state index in [0.29, 0.717) is 18.8 Å². The molecule has 1 aromatic rings. The second-order valence-electron chi connectivity index (χ2n) is 6.47.